The summed E-state index contributed by atoms with van der Waals surface area (Å²) in [7, 11) is 6.60. The highest BCUT2D eigenvalue weighted by atomic mass is 16.6. The van der Waals surface area contributed by atoms with Gasteiger partial charge in [-0.15, -0.1) is 0 Å². The quantitative estimate of drug-likeness (QED) is 0.419. The molecule has 0 amide bonds. The average molecular weight is 197 g/mol. The van der Waals surface area contributed by atoms with E-state index in [1.54, 1.807) is 0 Å². The van der Waals surface area contributed by atoms with Crippen LogP contribution in [0.3, 0.4) is 0 Å². The van der Waals surface area contributed by atoms with Gasteiger partial charge in [0, 0.05) is 10.9 Å². The third-order valence-electron chi connectivity index (χ3n) is 1.50. The van der Waals surface area contributed by atoms with E-state index in [4.69, 9.17) is 10.1 Å². The number of benzene rings is 1. The molecule has 0 spiro atoms. The molecule has 0 aromatic heterocycles. The van der Waals surface area contributed by atoms with Crippen LogP contribution in [0.4, 0.5) is 0 Å². The van der Waals surface area contributed by atoms with E-state index in [0.29, 0.717) is 0 Å². The highest BCUT2D eigenvalue weighted by Gasteiger charge is 2.06. The Balaban J connectivity index is 0.000000500. The van der Waals surface area contributed by atoms with E-state index < -0.39 is 0 Å². The first kappa shape index (κ1) is 12.6. The normalized spacial score (nSPS) is 9.93. The maximum atomic E-state index is 8.12. The van der Waals surface area contributed by atoms with Crippen molar-refractivity contribution in [2.75, 3.05) is 21.1 Å². The Bertz CT molecular complexity index is 255. The zero-order valence-corrected chi connectivity index (χ0v) is 8.86. The Morgan fingerprint density at radius 1 is 1.21 bits per heavy atom. The minimum absolute atomic E-state index is 0.250. The van der Waals surface area contributed by atoms with E-state index in [0.717, 1.165) is 11.0 Å². The molecule has 0 bridgehead atoms. The molecule has 0 unspecified atom stereocenters. The second-order valence-electron chi connectivity index (χ2n) is 4.02. The van der Waals surface area contributed by atoms with Gasteiger partial charge in [-0.05, 0) is 0 Å². The van der Waals surface area contributed by atoms with Crippen molar-refractivity contribution in [2.45, 2.75) is 6.54 Å². The second-order valence-corrected chi connectivity index (χ2v) is 4.02. The Labute approximate surface area is 84.3 Å². The third-order valence-corrected chi connectivity index (χ3v) is 1.50. The predicted molar refractivity (Wildman–Crippen MR) is 55.9 cm³/mol. The molecule has 0 radical (unpaired) electrons. The molecule has 0 heterocycles. The van der Waals surface area contributed by atoms with Crippen molar-refractivity contribution in [3.63, 3.8) is 0 Å². The van der Waals surface area contributed by atoms with Crippen LogP contribution < -0.4 is 5.34 Å². The van der Waals surface area contributed by atoms with Gasteiger partial charge in [-0.1, -0.05) is 30.3 Å². The number of hydrogen-bond acceptors (Lipinski definition) is 2. The van der Waals surface area contributed by atoms with Gasteiger partial charge >= 0.3 is 0 Å². The molecule has 0 aliphatic carbocycles. The molecule has 1 N–H and O–H groups in total. The molecule has 14 heavy (non-hydrogen) atoms. The van der Waals surface area contributed by atoms with E-state index in [9.17, 15) is 0 Å². The number of nitrogens with zero attached hydrogens (tertiary/aromatic N) is 1. The van der Waals surface area contributed by atoms with Crippen molar-refractivity contribution < 1.29 is 9.82 Å². The van der Waals surface area contributed by atoms with E-state index in [1.807, 2.05) is 0 Å². The van der Waals surface area contributed by atoms with Gasteiger partial charge in [-0.2, -0.15) is 0 Å². The minimum atomic E-state index is 0.250. The Hall–Kier alpha value is -1.42. The molecule has 1 rings (SSSR count). The summed E-state index contributed by atoms with van der Waals surface area (Å²) in [4.78, 5) is 8.12. The lowest BCUT2D eigenvalue weighted by molar-refractivity contribution is -0.884. The van der Waals surface area contributed by atoms with Crippen molar-refractivity contribution in [3.8, 4) is 0 Å². The van der Waals surface area contributed by atoms with Crippen molar-refractivity contribution in [3.05, 3.63) is 46.0 Å². The van der Waals surface area contributed by atoms with E-state index >= 15 is 0 Å². The highest BCUT2D eigenvalue weighted by molar-refractivity contribution is 5.13. The van der Waals surface area contributed by atoms with Crippen LogP contribution in [0.5, 0.6) is 0 Å². The maximum Gasteiger partial charge on any atom is 0.104 e. The molecule has 78 valence electrons. The van der Waals surface area contributed by atoms with Crippen molar-refractivity contribution >= 4 is 0 Å². The lowest BCUT2D eigenvalue weighted by Gasteiger charge is -2.23. The topological polar surface area (TPSA) is 54.1 Å². The third kappa shape index (κ3) is 7.24. The van der Waals surface area contributed by atoms with Crippen LogP contribution in [-0.4, -0.2) is 25.6 Å². The summed E-state index contributed by atoms with van der Waals surface area (Å²) in [5, 5.41) is 8.38. The van der Waals surface area contributed by atoms with Gasteiger partial charge < -0.3 is 4.48 Å². The summed E-state index contributed by atoms with van der Waals surface area (Å²) >= 11 is 0. The number of hydrogen-bond donors (Lipinski definition) is 1. The van der Waals surface area contributed by atoms with Crippen LogP contribution in [0.25, 0.3) is 0 Å². The first-order valence-corrected chi connectivity index (χ1v) is 4.33. The fourth-order valence-electron chi connectivity index (χ4n) is 1.13. The van der Waals surface area contributed by atoms with Gasteiger partial charge in [0.05, 0.1) is 21.1 Å². The van der Waals surface area contributed by atoms with Crippen molar-refractivity contribution in [1.29, 1.82) is 0 Å². The molecule has 1 aromatic rings. The summed E-state index contributed by atoms with van der Waals surface area (Å²) in [6, 6.07) is 10.6. The number of rotatable bonds is 2. The summed E-state index contributed by atoms with van der Waals surface area (Å²) in [6.45, 7) is 1.10. The van der Waals surface area contributed by atoms with E-state index in [-0.39, 0.29) is 5.34 Å². The number of nitrogens with one attached hydrogen (secondary N) is 1. The lowest BCUT2D eigenvalue weighted by Crippen LogP contribution is -2.53. The van der Waals surface area contributed by atoms with Crippen LogP contribution >= 0.6 is 0 Å². The zero-order valence-electron chi connectivity index (χ0n) is 8.86. The van der Waals surface area contributed by atoms with Gasteiger partial charge in [0.2, 0.25) is 0 Å². The SMILES string of the molecule is C[N+](C)(C)Cc1ccccc1.O=[NH+][O-]. The van der Waals surface area contributed by atoms with Crippen molar-refractivity contribution in [2.24, 2.45) is 0 Å². The molecule has 1 aromatic carbocycles. The molecule has 0 atom stereocenters. The Morgan fingerprint density at radius 3 is 2.00 bits per heavy atom. The van der Waals surface area contributed by atoms with Crippen LogP contribution in [0.15, 0.2) is 30.3 Å². The summed E-state index contributed by atoms with van der Waals surface area (Å²) in [5.41, 5.74) is 1.40. The molecule has 0 aliphatic heterocycles. The van der Waals surface area contributed by atoms with Crippen LogP contribution in [0, 0.1) is 10.1 Å². The Morgan fingerprint density at radius 2 is 1.64 bits per heavy atom. The molecule has 0 saturated heterocycles. The van der Waals surface area contributed by atoms with E-state index in [2.05, 4.69) is 51.5 Å². The monoisotopic (exact) mass is 197 g/mol. The van der Waals surface area contributed by atoms with Gasteiger partial charge in [0.1, 0.15) is 6.54 Å². The van der Waals surface area contributed by atoms with Gasteiger partial charge in [0.25, 0.3) is 0 Å². The smallest absolute Gasteiger partial charge is 0.104 e. The van der Waals surface area contributed by atoms with Crippen molar-refractivity contribution in [1.82, 2.24) is 0 Å². The molecule has 4 heteroatoms. The molecular formula is C10H17N2O2+. The van der Waals surface area contributed by atoms with Gasteiger partial charge in [-0.3, -0.25) is 10.1 Å². The van der Waals surface area contributed by atoms with Crippen LogP contribution in [0.1, 0.15) is 5.56 Å². The summed E-state index contributed by atoms with van der Waals surface area (Å²) < 4.78 is 0.990. The fraction of sp³-hybridized carbons (Fsp3) is 0.400. The Kier molecular flexibility index (Phi) is 5.48. The average Bonchev–Trinajstić information content (AvgIpc) is 2.04. The summed E-state index contributed by atoms with van der Waals surface area (Å²) in [6.07, 6.45) is 0. The maximum absolute atomic E-state index is 8.12. The highest BCUT2D eigenvalue weighted by Crippen LogP contribution is 2.04. The van der Waals surface area contributed by atoms with Gasteiger partial charge in [0.15, 0.2) is 0 Å². The lowest BCUT2D eigenvalue weighted by atomic mass is 10.2. The predicted octanol–water partition coefficient (Wildman–Crippen LogP) is 0.224. The number of quaternary nitrogens is 1. The molecule has 0 aliphatic rings. The summed E-state index contributed by atoms with van der Waals surface area (Å²) in [5.74, 6) is 0. The second kappa shape index (κ2) is 6.10. The molecule has 0 saturated carbocycles. The largest absolute Gasteiger partial charge is 0.327 e. The van der Waals surface area contributed by atoms with Gasteiger partial charge in [-0.25, -0.2) is 0 Å². The first-order valence-electron chi connectivity index (χ1n) is 4.33. The molecule has 4 nitrogen and oxygen atoms in total. The van der Waals surface area contributed by atoms with Crippen LogP contribution in [-0.2, 0) is 6.54 Å². The molecule has 0 fully saturated rings. The fourth-order valence-corrected chi connectivity index (χ4v) is 1.13. The van der Waals surface area contributed by atoms with Crippen LogP contribution in [0.2, 0.25) is 0 Å². The molecular weight excluding hydrogens is 180 g/mol. The zero-order chi connectivity index (χ0) is 11.0. The first-order chi connectivity index (χ1) is 6.49. The van der Waals surface area contributed by atoms with E-state index in [1.165, 1.54) is 5.56 Å². The minimum Gasteiger partial charge on any atom is -0.327 e. The standard InChI is InChI=1S/C10H16N.HNO2/c1-11(2,3)9-10-7-5-4-6-8-10;2-1-3/h4-8H,9H2,1-3H3;1H/q+1;.